The van der Waals surface area contributed by atoms with E-state index in [1.165, 1.54) is 5.56 Å². The zero-order chi connectivity index (χ0) is 20.6. The van der Waals surface area contributed by atoms with Crippen molar-refractivity contribution in [2.24, 2.45) is 0 Å². The normalized spacial score (nSPS) is 23.0. The number of benzene rings is 2. The number of rotatable bonds is 5. The predicted molar refractivity (Wildman–Crippen MR) is 109 cm³/mol. The van der Waals surface area contributed by atoms with Gasteiger partial charge in [-0.2, -0.15) is 9.37 Å². The van der Waals surface area contributed by atoms with Crippen LogP contribution in [-0.4, -0.2) is 57.5 Å². The maximum absolute atomic E-state index is 13.6. The number of nitrogens with zero attached hydrogens (tertiary/aromatic N) is 2. The molecule has 2 aromatic rings. The summed E-state index contributed by atoms with van der Waals surface area (Å²) in [7, 11) is 1.33. The molecule has 0 amide bonds. The average molecular weight is 419 g/mol. The molecule has 0 spiro atoms. The van der Waals surface area contributed by atoms with Gasteiger partial charge in [0.15, 0.2) is 0 Å². The summed E-state index contributed by atoms with van der Waals surface area (Å²) in [4.78, 5) is 5.67. The third kappa shape index (κ3) is 3.73. The van der Waals surface area contributed by atoms with Gasteiger partial charge >= 0.3 is 0 Å². The monoisotopic (exact) mass is 418 g/mol. The molecule has 2 atom stereocenters. The molecule has 0 aromatic heterocycles. The van der Waals surface area contributed by atoms with E-state index in [0.29, 0.717) is 24.6 Å². The molecule has 0 saturated carbocycles. The summed E-state index contributed by atoms with van der Waals surface area (Å²) in [6.07, 6.45) is 0.719. The minimum absolute atomic E-state index is 0.112. The van der Waals surface area contributed by atoms with E-state index in [1.54, 1.807) is 36.7 Å². The second-order valence-corrected chi connectivity index (χ2v) is 9.52. The molecule has 156 valence electrons. The lowest BCUT2D eigenvalue weighted by Gasteiger charge is -2.32. The largest absolute Gasteiger partial charge is 0.497 e. The molecule has 2 heterocycles. The Bertz CT molecular complexity index is 972. The Morgan fingerprint density at radius 1 is 1.03 bits per heavy atom. The zero-order valence-electron chi connectivity index (χ0n) is 16.9. The molecular formula is C21H26N2O5S. The molecule has 2 aliphatic heterocycles. The number of sulfonamides is 1. The van der Waals surface area contributed by atoms with Gasteiger partial charge in [-0.25, -0.2) is 8.42 Å². The van der Waals surface area contributed by atoms with Crippen LogP contribution in [0.25, 0.3) is 0 Å². The quantitative estimate of drug-likeness (QED) is 0.743. The average Bonchev–Trinajstić information content (AvgIpc) is 3.15. The van der Waals surface area contributed by atoms with Gasteiger partial charge in [-0.05, 0) is 35.2 Å². The Morgan fingerprint density at radius 3 is 2.34 bits per heavy atom. The van der Waals surface area contributed by atoms with Crippen LogP contribution in [0.3, 0.4) is 0 Å². The molecule has 2 aromatic carbocycles. The van der Waals surface area contributed by atoms with Gasteiger partial charge in [-0.1, -0.05) is 24.3 Å². The molecule has 1 saturated heterocycles. The first-order valence-corrected chi connectivity index (χ1v) is 11.1. The molecule has 8 heteroatoms. The zero-order valence-corrected chi connectivity index (χ0v) is 17.7. The van der Waals surface area contributed by atoms with Gasteiger partial charge in [0.2, 0.25) is 10.0 Å². The first-order valence-electron chi connectivity index (χ1n) is 9.58. The van der Waals surface area contributed by atoms with Gasteiger partial charge in [0.1, 0.15) is 16.7 Å². The van der Waals surface area contributed by atoms with Crippen molar-refractivity contribution in [3.05, 3.63) is 59.2 Å². The lowest BCUT2D eigenvalue weighted by molar-refractivity contribution is -0.110. The molecule has 29 heavy (non-hydrogen) atoms. The van der Waals surface area contributed by atoms with Crippen LogP contribution in [0.2, 0.25) is 0 Å². The van der Waals surface area contributed by atoms with Crippen molar-refractivity contribution in [3.8, 4) is 11.5 Å². The van der Waals surface area contributed by atoms with Crippen molar-refractivity contribution in [3.63, 3.8) is 0 Å². The Kier molecular flexibility index (Phi) is 5.52. The van der Waals surface area contributed by atoms with Crippen molar-refractivity contribution < 1.29 is 22.7 Å². The van der Waals surface area contributed by atoms with Crippen LogP contribution in [0.15, 0.2) is 42.5 Å². The second kappa shape index (κ2) is 7.95. The van der Waals surface area contributed by atoms with E-state index in [0.717, 1.165) is 17.5 Å². The summed E-state index contributed by atoms with van der Waals surface area (Å²) in [5.41, 5.74) is 3.06. The minimum atomic E-state index is -3.59. The standard InChI is InChI=1S/C21H26N2O5S/c1-22-21(17-10-18(26-2)12-19(11-17)27-3)20(14-28-22)29(24,25)23-9-8-15-6-4-5-7-16(15)13-23/h4-7,10-12,20-21H,8-9,13-14H2,1-3H3. The number of fused-ring (bicyclic) bond motifs is 1. The van der Waals surface area contributed by atoms with E-state index < -0.39 is 21.3 Å². The smallest absolute Gasteiger partial charge is 0.221 e. The molecule has 0 radical (unpaired) electrons. The fourth-order valence-corrected chi connectivity index (χ4v) is 6.08. The first kappa shape index (κ1) is 20.2. The highest BCUT2D eigenvalue weighted by Gasteiger charge is 2.46. The third-order valence-corrected chi connectivity index (χ3v) is 7.93. The van der Waals surface area contributed by atoms with Crippen molar-refractivity contribution >= 4 is 10.0 Å². The third-order valence-electron chi connectivity index (χ3n) is 5.74. The van der Waals surface area contributed by atoms with Gasteiger partial charge in [-0.15, -0.1) is 0 Å². The maximum Gasteiger partial charge on any atom is 0.221 e. The van der Waals surface area contributed by atoms with Gasteiger partial charge in [0.25, 0.3) is 0 Å². The van der Waals surface area contributed by atoms with Crippen molar-refractivity contribution in [1.29, 1.82) is 0 Å². The van der Waals surface area contributed by atoms with Crippen LogP contribution in [0, 0.1) is 0 Å². The van der Waals surface area contributed by atoms with Crippen LogP contribution in [-0.2, 0) is 27.8 Å². The van der Waals surface area contributed by atoms with Crippen LogP contribution in [0.1, 0.15) is 22.7 Å². The highest BCUT2D eigenvalue weighted by atomic mass is 32.2. The summed E-state index contributed by atoms with van der Waals surface area (Å²) >= 11 is 0. The number of methoxy groups -OCH3 is 2. The SMILES string of the molecule is COc1cc(OC)cc(C2C(S(=O)(=O)N3CCc4ccccc4C3)CON2C)c1. The van der Waals surface area contributed by atoms with E-state index in [2.05, 4.69) is 6.07 Å². The number of hydrogen-bond donors (Lipinski definition) is 0. The van der Waals surface area contributed by atoms with Gasteiger partial charge < -0.3 is 9.47 Å². The van der Waals surface area contributed by atoms with E-state index in [-0.39, 0.29) is 6.61 Å². The lowest BCUT2D eigenvalue weighted by atomic mass is 10.0. The fourth-order valence-electron chi connectivity index (χ4n) is 4.15. The Labute approximate surface area is 171 Å². The first-order chi connectivity index (χ1) is 13.9. The summed E-state index contributed by atoms with van der Waals surface area (Å²) < 4.78 is 39.5. The van der Waals surface area contributed by atoms with Crippen molar-refractivity contribution in [2.75, 3.05) is 34.4 Å². The molecule has 2 unspecified atom stereocenters. The van der Waals surface area contributed by atoms with E-state index in [9.17, 15) is 8.42 Å². The highest BCUT2D eigenvalue weighted by Crippen LogP contribution is 2.39. The van der Waals surface area contributed by atoms with Crippen LogP contribution in [0.4, 0.5) is 0 Å². The molecule has 7 nitrogen and oxygen atoms in total. The fraction of sp³-hybridized carbons (Fsp3) is 0.429. The van der Waals surface area contributed by atoms with Gasteiger partial charge in [-0.3, -0.25) is 4.84 Å². The summed E-state index contributed by atoms with van der Waals surface area (Å²) in [5, 5.41) is 0.906. The maximum atomic E-state index is 13.6. The molecular weight excluding hydrogens is 392 g/mol. The predicted octanol–water partition coefficient (Wildman–Crippen LogP) is 2.38. The highest BCUT2D eigenvalue weighted by molar-refractivity contribution is 7.89. The van der Waals surface area contributed by atoms with Crippen molar-refractivity contribution in [1.82, 2.24) is 9.37 Å². The van der Waals surface area contributed by atoms with Crippen molar-refractivity contribution in [2.45, 2.75) is 24.3 Å². The molecule has 0 N–H and O–H groups in total. The molecule has 1 fully saturated rings. The van der Waals surface area contributed by atoms with E-state index in [1.807, 2.05) is 30.3 Å². The van der Waals surface area contributed by atoms with Crippen LogP contribution in [0.5, 0.6) is 11.5 Å². The van der Waals surface area contributed by atoms with Crippen LogP contribution < -0.4 is 9.47 Å². The van der Waals surface area contributed by atoms with E-state index >= 15 is 0 Å². The number of hydroxylamine groups is 2. The second-order valence-electron chi connectivity index (χ2n) is 7.37. The number of hydrogen-bond acceptors (Lipinski definition) is 6. The Balaban J connectivity index is 1.67. The Hall–Kier alpha value is -2.13. The topological polar surface area (TPSA) is 68.3 Å². The molecule has 4 rings (SSSR count). The Morgan fingerprint density at radius 2 is 1.69 bits per heavy atom. The molecule has 2 aliphatic rings. The summed E-state index contributed by atoms with van der Waals surface area (Å²) in [5.74, 6) is 1.23. The molecule has 0 bridgehead atoms. The summed E-state index contributed by atoms with van der Waals surface area (Å²) in [6.45, 7) is 0.988. The van der Waals surface area contributed by atoms with Gasteiger partial charge in [0, 0.05) is 26.2 Å². The van der Waals surface area contributed by atoms with Crippen LogP contribution >= 0.6 is 0 Å². The van der Waals surface area contributed by atoms with Gasteiger partial charge in [0.05, 0.1) is 26.9 Å². The number of ether oxygens (including phenoxy) is 2. The summed E-state index contributed by atoms with van der Waals surface area (Å²) in [6, 6.07) is 13.0. The minimum Gasteiger partial charge on any atom is -0.497 e. The van der Waals surface area contributed by atoms with E-state index in [4.69, 9.17) is 14.3 Å². The lowest BCUT2D eigenvalue weighted by Crippen LogP contribution is -2.44. The molecule has 0 aliphatic carbocycles.